The summed E-state index contributed by atoms with van der Waals surface area (Å²) in [4.78, 5) is 18.0. The molecule has 2 aromatic rings. The van der Waals surface area contributed by atoms with Crippen molar-refractivity contribution in [1.29, 1.82) is 0 Å². The molecule has 1 aliphatic carbocycles. The Hall–Kier alpha value is -1.96. The molecule has 0 saturated heterocycles. The number of amides is 1. The predicted molar refractivity (Wildman–Crippen MR) is 94.8 cm³/mol. The third kappa shape index (κ3) is 4.18. The summed E-state index contributed by atoms with van der Waals surface area (Å²) in [6.45, 7) is 0. The van der Waals surface area contributed by atoms with Crippen LogP contribution in [0, 0.1) is 5.92 Å². The molecule has 1 saturated carbocycles. The van der Waals surface area contributed by atoms with Crippen LogP contribution in [0.25, 0.3) is 11.3 Å². The monoisotopic (exact) mass is 366 g/mol. The first-order valence-electron chi connectivity index (χ1n) is 8.05. The Morgan fingerprint density at radius 2 is 2.28 bits per heavy atom. The van der Waals surface area contributed by atoms with Crippen LogP contribution in [-0.2, 0) is 11.8 Å². The molecule has 0 bridgehead atoms. The van der Waals surface area contributed by atoms with Gasteiger partial charge in [0, 0.05) is 68.4 Å². The van der Waals surface area contributed by atoms with Gasteiger partial charge >= 0.3 is 0 Å². The minimum atomic E-state index is -2.48. The Balaban J connectivity index is 1.54. The number of halogens is 2. The van der Waals surface area contributed by atoms with E-state index in [0.717, 1.165) is 11.3 Å². The number of aromatic nitrogens is 3. The maximum absolute atomic E-state index is 12.8. The van der Waals surface area contributed by atoms with Gasteiger partial charge in [0.15, 0.2) is 0 Å². The number of alkyl halides is 2. The highest BCUT2D eigenvalue weighted by atomic mass is 32.2. The van der Waals surface area contributed by atoms with Gasteiger partial charge in [0.2, 0.25) is 5.91 Å². The van der Waals surface area contributed by atoms with Gasteiger partial charge in [-0.05, 0) is 12.1 Å². The van der Waals surface area contributed by atoms with Crippen molar-refractivity contribution in [3.63, 3.8) is 0 Å². The molecule has 1 unspecified atom stereocenters. The lowest BCUT2D eigenvalue weighted by Crippen LogP contribution is -2.28. The third-order valence-electron chi connectivity index (χ3n) is 4.27. The summed E-state index contributed by atoms with van der Waals surface area (Å²) >= 11 is 1.42. The Morgan fingerprint density at radius 3 is 2.92 bits per heavy atom. The van der Waals surface area contributed by atoms with Gasteiger partial charge in [0.05, 0.1) is 5.69 Å². The lowest BCUT2D eigenvalue weighted by molar-refractivity contribution is -0.118. The average molecular weight is 366 g/mol. The summed E-state index contributed by atoms with van der Waals surface area (Å²) in [5.74, 6) is -1.40. The summed E-state index contributed by atoms with van der Waals surface area (Å²) in [7, 11) is 3.48. The molecule has 0 aliphatic heterocycles. The van der Waals surface area contributed by atoms with Crippen LogP contribution in [0.15, 0.2) is 30.6 Å². The van der Waals surface area contributed by atoms with Crippen LogP contribution in [0.2, 0.25) is 0 Å². The highest BCUT2D eigenvalue weighted by molar-refractivity contribution is 7.99. The maximum atomic E-state index is 12.8. The average Bonchev–Trinajstić information content (AvgIpc) is 3.01. The van der Waals surface area contributed by atoms with Crippen molar-refractivity contribution in [1.82, 2.24) is 14.8 Å². The Kier molecular flexibility index (Phi) is 5.08. The second-order valence-electron chi connectivity index (χ2n) is 6.19. The van der Waals surface area contributed by atoms with Gasteiger partial charge < -0.3 is 4.90 Å². The van der Waals surface area contributed by atoms with Crippen LogP contribution in [-0.4, -0.2) is 45.1 Å². The Bertz CT molecular complexity index is 750. The number of carbonyl (C=O) groups excluding carboxylic acids is 1. The summed E-state index contributed by atoms with van der Waals surface area (Å²) < 4.78 is 27.3. The minimum absolute atomic E-state index is 0.0139. The molecule has 2 aromatic heterocycles. The van der Waals surface area contributed by atoms with Crippen LogP contribution < -0.4 is 4.90 Å². The molecule has 2 heterocycles. The van der Waals surface area contributed by atoms with Gasteiger partial charge in [-0.3, -0.25) is 14.5 Å². The van der Waals surface area contributed by atoms with Gasteiger partial charge in [0.25, 0.3) is 5.92 Å². The summed E-state index contributed by atoms with van der Waals surface area (Å²) in [5, 5.41) is 4.42. The number of pyridine rings is 1. The maximum Gasteiger partial charge on any atom is 0.252 e. The molecule has 25 heavy (non-hydrogen) atoms. The molecule has 5 nitrogen and oxygen atoms in total. The molecular weight excluding hydrogens is 346 g/mol. The standard InChI is InChI=1S/C17H20F2N4OS/c1-22(16(24)5-7-25-11-13-9-17(13,18)19)15-8-14(21-23(15)2)12-4-3-6-20-10-12/h3-4,6,8,10,13H,5,7,9,11H2,1-2H3. The van der Waals surface area contributed by atoms with E-state index in [2.05, 4.69) is 10.1 Å². The van der Waals surface area contributed by atoms with Crippen molar-refractivity contribution < 1.29 is 13.6 Å². The van der Waals surface area contributed by atoms with E-state index in [1.54, 1.807) is 36.1 Å². The van der Waals surface area contributed by atoms with Crippen molar-refractivity contribution in [3.8, 4) is 11.3 Å². The van der Waals surface area contributed by atoms with E-state index >= 15 is 0 Å². The topological polar surface area (TPSA) is 51.0 Å². The number of hydrogen-bond acceptors (Lipinski definition) is 4. The number of hydrogen-bond donors (Lipinski definition) is 0. The molecule has 134 valence electrons. The largest absolute Gasteiger partial charge is 0.300 e. The molecule has 1 aliphatic rings. The molecule has 1 atom stereocenters. The first-order valence-corrected chi connectivity index (χ1v) is 9.20. The molecule has 0 spiro atoms. The van der Waals surface area contributed by atoms with E-state index in [1.165, 1.54) is 11.8 Å². The second-order valence-corrected chi connectivity index (χ2v) is 7.34. The fourth-order valence-corrected chi connectivity index (χ4v) is 3.69. The smallest absolute Gasteiger partial charge is 0.252 e. The van der Waals surface area contributed by atoms with Gasteiger partial charge in [0.1, 0.15) is 5.82 Å². The van der Waals surface area contributed by atoms with Crippen molar-refractivity contribution in [3.05, 3.63) is 30.6 Å². The van der Waals surface area contributed by atoms with Crippen LogP contribution >= 0.6 is 11.8 Å². The van der Waals surface area contributed by atoms with Gasteiger partial charge in [-0.25, -0.2) is 8.78 Å². The highest BCUT2D eigenvalue weighted by Crippen LogP contribution is 2.50. The Morgan fingerprint density at radius 1 is 1.52 bits per heavy atom. The van der Waals surface area contributed by atoms with Crippen LogP contribution in [0.3, 0.4) is 0 Å². The zero-order valence-corrected chi connectivity index (χ0v) is 15.0. The highest BCUT2D eigenvalue weighted by Gasteiger charge is 2.56. The van der Waals surface area contributed by atoms with Crippen molar-refractivity contribution in [2.24, 2.45) is 13.0 Å². The molecular formula is C17H20F2N4OS. The lowest BCUT2D eigenvalue weighted by Gasteiger charge is -2.16. The number of anilines is 1. The van der Waals surface area contributed by atoms with Gasteiger partial charge in [-0.2, -0.15) is 16.9 Å². The summed E-state index contributed by atoms with van der Waals surface area (Å²) in [6, 6.07) is 5.58. The lowest BCUT2D eigenvalue weighted by atomic mass is 10.2. The molecule has 1 amide bonds. The summed E-state index contributed by atoms with van der Waals surface area (Å²) in [5.41, 5.74) is 1.63. The molecule has 0 radical (unpaired) electrons. The second kappa shape index (κ2) is 7.11. The third-order valence-corrected chi connectivity index (χ3v) is 5.40. The zero-order chi connectivity index (χ0) is 18.0. The summed E-state index contributed by atoms with van der Waals surface area (Å²) in [6.07, 6.45) is 3.71. The molecule has 1 fully saturated rings. The number of aryl methyl sites for hydroxylation is 1. The molecule has 0 N–H and O–H groups in total. The van der Waals surface area contributed by atoms with Crippen molar-refractivity contribution in [2.45, 2.75) is 18.8 Å². The van der Waals surface area contributed by atoms with E-state index in [-0.39, 0.29) is 12.3 Å². The number of rotatable bonds is 7. The normalized spacial score (nSPS) is 18.2. The number of nitrogens with zero attached hydrogens (tertiary/aromatic N) is 4. The SMILES string of the molecule is CN(C(=O)CCSCC1CC1(F)F)c1cc(-c2cccnc2)nn1C. The molecule has 3 rings (SSSR count). The van der Waals surface area contributed by atoms with E-state index in [9.17, 15) is 13.6 Å². The fourth-order valence-electron chi connectivity index (χ4n) is 2.56. The minimum Gasteiger partial charge on any atom is -0.300 e. The molecule has 8 heteroatoms. The van der Waals surface area contributed by atoms with Crippen LogP contribution in [0.5, 0.6) is 0 Å². The fraction of sp³-hybridized carbons (Fsp3) is 0.471. The van der Waals surface area contributed by atoms with E-state index in [1.807, 2.05) is 18.2 Å². The van der Waals surface area contributed by atoms with E-state index < -0.39 is 11.8 Å². The van der Waals surface area contributed by atoms with Crippen molar-refractivity contribution >= 4 is 23.5 Å². The van der Waals surface area contributed by atoms with Crippen molar-refractivity contribution in [2.75, 3.05) is 23.5 Å². The van der Waals surface area contributed by atoms with E-state index in [4.69, 9.17) is 0 Å². The van der Waals surface area contributed by atoms with E-state index in [0.29, 0.717) is 23.7 Å². The first-order chi connectivity index (χ1) is 11.9. The quantitative estimate of drug-likeness (QED) is 0.706. The number of carbonyl (C=O) groups is 1. The predicted octanol–water partition coefficient (Wildman–Crippen LogP) is 3.22. The zero-order valence-electron chi connectivity index (χ0n) is 14.2. The first kappa shape index (κ1) is 17.8. The van der Waals surface area contributed by atoms with Gasteiger partial charge in [-0.1, -0.05) is 0 Å². The molecule has 0 aromatic carbocycles. The Labute approximate surface area is 149 Å². The van der Waals surface area contributed by atoms with Gasteiger partial charge in [-0.15, -0.1) is 0 Å². The number of thioether (sulfide) groups is 1. The van der Waals surface area contributed by atoms with Crippen LogP contribution in [0.4, 0.5) is 14.6 Å². The van der Waals surface area contributed by atoms with Crippen LogP contribution in [0.1, 0.15) is 12.8 Å².